The summed E-state index contributed by atoms with van der Waals surface area (Å²) in [7, 11) is 3.56. The van der Waals surface area contributed by atoms with E-state index < -0.39 is 0 Å². The third-order valence-corrected chi connectivity index (χ3v) is 2.82. The van der Waals surface area contributed by atoms with Crippen LogP contribution in [0.3, 0.4) is 0 Å². The minimum Gasteiger partial charge on any atom is -0.492 e. The molecule has 1 aromatic carbocycles. The fraction of sp³-hybridized carbons (Fsp3) is 0.571. The van der Waals surface area contributed by atoms with Gasteiger partial charge in [-0.1, -0.05) is 23.7 Å². The quantitative estimate of drug-likeness (QED) is 0.671. The second-order valence-electron chi connectivity index (χ2n) is 4.07. The number of ether oxygens (including phenoxy) is 3. The van der Waals surface area contributed by atoms with Crippen LogP contribution in [0.5, 0.6) is 5.75 Å². The molecule has 5 heteroatoms. The highest BCUT2D eigenvalue weighted by Gasteiger charge is 2.07. The van der Waals surface area contributed by atoms with Crippen molar-refractivity contribution in [2.24, 2.45) is 0 Å². The molecule has 0 saturated heterocycles. The standard InChI is InChI=1S/C14H22ClNO3/c1-16-11-12-5-3-6-13(15)14(12)19-8-4-7-18-10-9-17-2/h3,5-6,16H,4,7-11H2,1-2H3. The molecule has 0 radical (unpaired) electrons. The molecular formula is C14H22ClNO3. The zero-order valence-corrected chi connectivity index (χ0v) is 12.3. The summed E-state index contributed by atoms with van der Waals surface area (Å²) >= 11 is 6.15. The van der Waals surface area contributed by atoms with Gasteiger partial charge in [0.05, 0.1) is 24.8 Å². The second kappa shape index (κ2) is 10.0. The summed E-state index contributed by atoms with van der Waals surface area (Å²) in [6.45, 7) is 3.23. The van der Waals surface area contributed by atoms with Crippen molar-refractivity contribution in [3.8, 4) is 5.75 Å². The maximum atomic E-state index is 6.15. The molecule has 0 aliphatic heterocycles. The number of para-hydroxylation sites is 1. The zero-order chi connectivity index (χ0) is 13.9. The van der Waals surface area contributed by atoms with Crippen LogP contribution in [0.15, 0.2) is 18.2 Å². The normalized spacial score (nSPS) is 10.7. The van der Waals surface area contributed by atoms with Gasteiger partial charge in [-0.05, 0) is 13.1 Å². The molecule has 1 rings (SSSR count). The summed E-state index contributed by atoms with van der Waals surface area (Å²) in [5, 5.41) is 3.75. The molecule has 19 heavy (non-hydrogen) atoms. The lowest BCUT2D eigenvalue weighted by Crippen LogP contribution is -2.10. The fourth-order valence-corrected chi connectivity index (χ4v) is 1.87. The van der Waals surface area contributed by atoms with Crippen LogP contribution >= 0.6 is 11.6 Å². The Balaban J connectivity index is 2.32. The Morgan fingerprint density at radius 2 is 2.00 bits per heavy atom. The van der Waals surface area contributed by atoms with Gasteiger partial charge >= 0.3 is 0 Å². The average molecular weight is 288 g/mol. The molecule has 0 aliphatic rings. The third-order valence-electron chi connectivity index (χ3n) is 2.53. The molecular weight excluding hydrogens is 266 g/mol. The van der Waals surface area contributed by atoms with Crippen molar-refractivity contribution in [1.82, 2.24) is 5.32 Å². The highest BCUT2D eigenvalue weighted by molar-refractivity contribution is 6.32. The fourth-order valence-electron chi connectivity index (χ4n) is 1.62. The first kappa shape index (κ1) is 16.2. The van der Waals surface area contributed by atoms with Crippen molar-refractivity contribution in [3.63, 3.8) is 0 Å². The van der Waals surface area contributed by atoms with Crippen molar-refractivity contribution in [2.45, 2.75) is 13.0 Å². The number of hydrogen-bond acceptors (Lipinski definition) is 4. The molecule has 0 heterocycles. The van der Waals surface area contributed by atoms with Crippen molar-refractivity contribution in [1.29, 1.82) is 0 Å². The van der Waals surface area contributed by atoms with E-state index in [9.17, 15) is 0 Å². The second-order valence-corrected chi connectivity index (χ2v) is 4.47. The van der Waals surface area contributed by atoms with E-state index in [1.54, 1.807) is 7.11 Å². The highest BCUT2D eigenvalue weighted by atomic mass is 35.5. The smallest absolute Gasteiger partial charge is 0.142 e. The minimum absolute atomic E-state index is 0.591. The molecule has 0 saturated carbocycles. The monoisotopic (exact) mass is 287 g/mol. The molecule has 108 valence electrons. The molecule has 0 aromatic heterocycles. The molecule has 0 unspecified atom stereocenters. The van der Waals surface area contributed by atoms with Crippen LogP contribution in [0.25, 0.3) is 0 Å². The van der Waals surface area contributed by atoms with Gasteiger partial charge < -0.3 is 19.5 Å². The number of methoxy groups -OCH3 is 1. The molecule has 0 fully saturated rings. The first-order valence-corrected chi connectivity index (χ1v) is 6.79. The maximum Gasteiger partial charge on any atom is 0.142 e. The number of halogens is 1. The Labute approximate surface area is 120 Å². The topological polar surface area (TPSA) is 39.7 Å². The Bertz CT molecular complexity index is 361. The van der Waals surface area contributed by atoms with Gasteiger partial charge in [0.1, 0.15) is 5.75 Å². The van der Waals surface area contributed by atoms with E-state index in [1.165, 1.54) is 0 Å². The van der Waals surface area contributed by atoms with Gasteiger partial charge in [0.15, 0.2) is 0 Å². The van der Waals surface area contributed by atoms with Gasteiger partial charge in [-0.3, -0.25) is 0 Å². The van der Waals surface area contributed by atoms with Gasteiger partial charge in [-0.2, -0.15) is 0 Å². The van der Waals surface area contributed by atoms with Gasteiger partial charge in [-0.25, -0.2) is 0 Å². The van der Waals surface area contributed by atoms with E-state index in [-0.39, 0.29) is 0 Å². The Morgan fingerprint density at radius 3 is 2.74 bits per heavy atom. The number of benzene rings is 1. The molecule has 0 bridgehead atoms. The average Bonchev–Trinajstić information content (AvgIpc) is 2.41. The van der Waals surface area contributed by atoms with E-state index in [0.717, 1.165) is 24.3 Å². The molecule has 1 N–H and O–H groups in total. The van der Waals surface area contributed by atoms with Gasteiger partial charge in [0.2, 0.25) is 0 Å². The van der Waals surface area contributed by atoms with Gasteiger partial charge in [0, 0.05) is 32.2 Å². The summed E-state index contributed by atoms with van der Waals surface area (Å²) < 4.78 is 16.0. The Hall–Kier alpha value is -0.810. The molecule has 0 atom stereocenters. The van der Waals surface area contributed by atoms with Crippen molar-refractivity contribution >= 4 is 11.6 Å². The van der Waals surface area contributed by atoms with Crippen molar-refractivity contribution in [3.05, 3.63) is 28.8 Å². The van der Waals surface area contributed by atoms with Crippen molar-refractivity contribution < 1.29 is 14.2 Å². The SMILES string of the molecule is CNCc1cccc(Cl)c1OCCCOCCOC. The molecule has 0 spiro atoms. The van der Waals surface area contributed by atoms with Crippen LogP contribution in [0.2, 0.25) is 5.02 Å². The molecule has 0 aliphatic carbocycles. The van der Waals surface area contributed by atoms with Crippen LogP contribution < -0.4 is 10.1 Å². The Kier molecular flexibility index (Phi) is 8.58. The summed E-state index contributed by atoms with van der Waals surface area (Å²) in [5.74, 6) is 0.760. The largest absolute Gasteiger partial charge is 0.492 e. The predicted molar refractivity (Wildman–Crippen MR) is 77.0 cm³/mol. The first-order chi connectivity index (χ1) is 9.29. The van der Waals surface area contributed by atoms with E-state index in [1.807, 2.05) is 25.2 Å². The van der Waals surface area contributed by atoms with Crippen LogP contribution in [-0.2, 0) is 16.0 Å². The van der Waals surface area contributed by atoms with E-state index in [2.05, 4.69) is 5.32 Å². The lowest BCUT2D eigenvalue weighted by molar-refractivity contribution is 0.0644. The maximum absolute atomic E-state index is 6.15. The Morgan fingerprint density at radius 1 is 1.16 bits per heavy atom. The van der Waals surface area contributed by atoms with E-state index >= 15 is 0 Å². The summed E-state index contributed by atoms with van der Waals surface area (Å²) in [4.78, 5) is 0. The third kappa shape index (κ3) is 6.25. The van der Waals surface area contributed by atoms with Gasteiger partial charge in [0.25, 0.3) is 0 Å². The molecule has 0 amide bonds. The van der Waals surface area contributed by atoms with Crippen LogP contribution in [-0.4, -0.2) is 40.6 Å². The van der Waals surface area contributed by atoms with Crippen molar-refractivity contribution in [2.75, 3.05) is 40.6 Å². The predicted octanol–water partition coefficient (Wildman–Crippen LogP) is 2.49. The number of rotatable bonds is 10. The lowest BCUT2D eigenvalue weighted by atomic mass is 10.2. The zero-order valence-electron chi connectivity index (χ0n) is 11.6. The highest BCUT2D eigenvalue weighted by Crippen LogP contribution is 2.28. The van der Waals surface area contributed by atoms with Crippen LogP contribution in [0.1, 0.15) is 12.0 Å². The number of nitrogens with one attached hydrogen (secondary N) is 1. The minimum atomic E-state index is 0.591. The first-order valence-electron chi connectivity index (χ1n) is 6.41. The summed E-state index contributed by atoms with van der Waals surface area (Å²) in [6, 6.07) is 5.77. The lowest BCUT2D eigenvalue weighted by Gasteiger charge is -2.13. The van der Waals surface area contributed by atoms with E-state index in [0.29, 0.717) is 31.5 Å². The summed E-state index contributed by atoms with van der Waals surface area (Å²) in [5.41, 5.74) is 1.07. The number of hydrogen-bond donors (Lipinski definition) is 1. The molecule has 4 nitrogen and oxygen atoms in total. The van der Waals surface area contributed by atoms with E-state index in [4.69, 9.17) is 25.8 Å². The van der Waals surface area contributed by atoms with Crippen LogP contribution in [0.4, 0.5) is 0 Å². The molecule has 1 aromatic rings. The van der Waals surface area contributed by atoms with Crippen LogP contribution in [0, 0.1) is 0 Å². The van der Waals surface area contributed by atoms with Gasteiger partial charge in [-0.15, -0.1) is 0 Å². The summed E-state index contributed by atoms with van der Waals surface area (Å²) in [6.07, 6.45) is 0.827.